The Bertz CT molecular complexity index is 4140. The molecule has 0 N–H and O–H groups in total. The van der Waals surface area contributed by atoms with Crippen molar-refractivity contribution in [1.82, 2.24) is 23.7 Å². The number of hydrogen-bond donors (Lipinski definition) is 0. The molecule has 0 aliphatic heterocycles. The molecule has 5 aromatic heterocycles. The van der Waals surface area contributed by atoms with E-state index in [-0.39, 0.29) is 0 Å². The molecular weight excluding hydrogens is 783 g/mol. The van der Waals surface area contributed by atoms with Crippen LogP contribution in [0.2, 0.25) is 0 Å². The van der Waals surface area contributed by atoms with Crippen molar-refractivity contribution in [2.45, 2.75) is 0 Å². The second-order valence-corrected chi connectivity index (χ2v) is 16.6. The van der Waals surface area contributed by atoms with Gasteiger partial charge >= 0.3 is 0 Å². The quantitative estimate of drug-likeness (QED) is 0.174. The molecule has 6 heteroatoms. The minimum Gasteiger partial charge on any atom is -0.437 e. The fraction of sp³-hybridized carbons (Fsp3) is 0. The molecule has 0 spiro atoms. The summed E-state index contributed by atoms with van der Waals surface area (Å²) in [7, 11) is 0. The molecule has 6 nitrogen and oxygen atoms in total. The summed E-state index contributed by atoms with van der Waals surface area (Å²) in [5.41, 5.74) is 14.4. The van der Waals surface area contributed by atoms with Gasteiger partial charge in [-0.1, -0.05) is 133 Å². The first-order valence-electron chi connectivity index (χ1n) is 21.7. The highest BCUT2D eigenvalue weighted by molar-refractivity contribution is 6.15. The molecule has 0 saturated carbocycles. The minimum atomic E-state index is 0.550. The van der Waals surface area contributed by atoms with Crippen molar-refractivity contribution >= 4 is 87.5 Å². The second kappa shape index (κ2) is 13.4. The van der Waals surface area contributed by atoms with E-state index < -0.39 is 0 Å². The van der Waals surface area contributed by atoms with Crippen LogP contribution in [0.5, 0.6) is 0 Å². The van der Waals surface area contributed by atoms with Gasteiger partial charge in [-0.05, 0) is 90.0 Å². The molecule has 0 aliphatic carbocycles. The molecule has 0 amide bonds. The average Bonchev–Trinajstić information content (AvgIpc) is 4.10. The smallest absolute Gasteiger partial charge is 0.238 e. The van der Waals surface area contributed by atoms with Gasteiger partial charge in [0.1, 0.15) is 5.58 Å². The third-order valence-electron chi connectivity index (χ3n) is 13.1. The lowest BCUT2D eigenvalue weighted by atomic mass is 10.0. The highest BCUT2D eigenvalue weighted by atomic mass is 16.3. The number of nitrogens with zero attached hydrogens (tertiary/aromatic N) is 5. The Morgan fingerprint density at radius 3 is 1.36 bits per heavy atom. The monoisotopic (exact) mass is 817 g/mol. The van der Waals surface area contributed by atoms with Gasteiger partial charge in [0.15, 0.2) is 0 Å². The number of para-hydroxylation sites is 5. The van der Waals surface area contributed by atoms with Gasteiger partial charge < -0.3 is 13.6 Å². The third-order valence-corrected chi connectivity index (χ3v) is 13.1. The molecule has 0 unspecified atom stereocenters. The van der Waals surface area contributed by atoms with Crippen LogP contribution < -0.4 is 0 Å². The number of furan rings is 1. The number of rotatable bonds is 5. The first kappa shape index (κ1) is 34.9. The highest BCUT2D eigenvalue weighted by Gasteiger charge is 2.23. The molecule has 14 aromatic rings. The maximum absolute atomic E-state index is 6.70. The first-order chi connectivity index (χ1) is 31.7. The predicted molar refractivity (Wildman–Crippen MR) is 263 cm³/mol. The van der Waals surface area contributed by atoms with Gasteiger partial charge in [0.25, 0.3) is 0 Å². The molecule has 64 heavy (non-hydrogen) atoms. The van der Waals surface area contributed by atoms with Gasteiger partial charge in [0.05, 0.1) is 44.2 Å². The molecule has 14 rings (SSSR count). The fourth-order valence-electron chi connectivity index (χ4n) is 10.3. The molecule has 9 aromatic carbocycles. The SMILES string of the molecule is c1ccc(-c2nc(-n3c4ccccc4c4ccccc43)nc3oc4ccc(-n5c6ccccc6c6cc(-c7ccc8c(c7)c7ccccc7n8-c7ccccc7)ccc65)cc4c23)cc1. The van der Waals surface area contributed by atoms with E-state index in [0.717, 1.165) is 71.8 Å². The standard InChI is InChI=1S/C58H35N5O/c1-3-15-36(16-4-1)56-55-47-35-40(29-32-54(47)64-57(55)60-58(59-56)63-50-25-13-7-19-41(50)42-20-8-14-26-51(42)63)62-49-24-12-10-22-44(49)46-34-38(28-31-53(46)62)37-27-30-52-45(33-37)43-21-9-11-23-48(43)61(52)39-17-5-2-6-18-39/h1-35H. The summed E-state index contributed by atoms with van der Waals surface area (Å²) in [4.78, 5) is 10.6. The Hall–Kier alpha value is -8.74. The summed E-state index contributed by atoms with van der Waals surface area (Å²) in [6.45, 7) is 0. The predicted octanol–water partition coefficient (Wildman–Crippen LogP) is 15.0. The lowest BCUT2D eigenvalue weighted by Gasteiger charge is -2.10. The normalized spacial score (nSPS) is 12.1. The Morgan fingerprint density at radius 2 is 0.781 bits per heavy atom. The first-order valence-corrected chi connectivity index (χ1v) is 21.7. The van der Waals surface area contributed by atoms with Gasteiger partial charge in [-0.2, -0.15) is 4.98 Å². The summed E-state index contributed by atoms with van der Waals surface area (Å²) in [5.74, 6) is 0.572. The number of aromatic nitrogens is 5. The summed E-state index contributed by atoms with van der Waals surface area (Å²) < 4.78 is 13.6. The van der Waals surface area contributed by atoms with Crippen LogP contribution in [-0.4, -0.2) is 23.7 Å². The molecule has 5 heterocycles. The van der Waals surface area contributed by atoms with Crippen LogP contribution in [0.4, 0.5) is 0 Å². The molecule has 0 aliphatic rings. The second-order valence-electron chi connectivity index (χ2n) is 16.6. The largest absolute Gasteiger partial charge is 0.437 e. The van der Waals surface area contributed by atoms with E-state index in [0.29, 0.717) is 11.7 Å². The molecular formula is C58H35N5O. The highest BCUT2D eigenvalue weighted by Crippen LogP contribution is 2.42. The summed E-state index contributed by atoms with van der Waals surface area (Å²) in [6, 6.07) is 75.6. The zero-order chi connectivity index (χ0) is 41.9. The van der Waals surface area contributed by atoms with Crippen molar-refractivity contribution in [1.29, 1.82) is 0 Å². The molecule has 0 fully saturated rings. The molecule has 0 radical (unpaired) electrons. The van der Waals surface area contributed by atoms with Crippen molar-refractivity contribution in [3.05, 3.63) is 212 Å². The van der Waals surface area contributed by atoms with E-state index in [2.05, 4.69) is 220 Å². The minimum absolute atomic E-state index is 0.550. The van der Waals surface area contributed by atoms with E-state index >= 15 is 0 Å². The van der Waals surface area contributed by atoms with E-state index in [1.165, 1.54) is 43.7 Å². The van der Waals surface area contributed by atoms with Gasteiger partial charge in [-0.25, -0.2) is 4.98 Å². The lowest BCUT2D eigenvalue weighted by molar-refractivity contribution is 0.651. The maximum atomic E-state index is 6.70. The Balaban J connectivity index is 0.952. The average molecular weight is 818 g/mol. The molecule has 0 bridgehead atoms. The van der Waals surface area contributed by atoms with E-state index in [1.807, 2.05) is 6.07 Å². The van der Waals surface area contributed by atoms with Crippen LogP contribution in [0.1, 0.15) is 0 Å². The van der Waals surface area contributed by atoms with Crippen molar-refractivity contribution in [3.8, 4) is 39.7 Å². The number of benzene rings is 9. The van der Waals surface area contributed by atoms with E-state index in [4.69, 9.17) is 14.4 Å². The van der Waals surface area contributed by atoms with Crippen LogP contribution in [0.15, 0.2) is 217 Å². The van der Waals surface area contributed by atoms with E-state index in [9.17, 15) is 0 Å². The van der Waals surface area contributed by atoms with Crippen molar-refractivity contribution in [2.75, 3.05) is 0 Å². The van der Waals surface area contributed by atoms with Crippen molar-refractivity contribution in [2.24, 2.45) is 0 Å². The molecule has 298 valence electrons. The van der Waals surface area contributed by atoms with Crippen LogP contribution in [0.25, 0.3) is 127 Å². The van der Waals surface area contributed by atoms with Crippen LogP contribution in [0.3, 0.4) is 0 Å². The van der Waals surface area contributed by atoms with Crippen molar-refractivity contribution in [3.63, 3.8) is 0 Å². The third kappa shape index (κ3) is 5.02. The van der Waals surface area contributed by atoms with Gasteiger partial charge in [-0.3, -0.25) is 4.57 Å². The van der Waals surface area contributed by atoms with Crippen LogP contribution >= 0.6 is 0 Å². The summed E-state index contributed by atoms with van der Waals surface area (Å²) in [5, 5.41) is 9.04. The van der Waals surface area contributed by atoms with Gasteiger partial charge in [0.2, 0.25) is 11.7 Å². The zero-order valence-corrected chi connectivity index (χ0v) is 34.4. The number of hydrogen-bond acceptors (Lipinski definition) is 3. The molecule has 0 atom stereocenters. The Labute approximate surface area is 366 Å². The van der Waals surface area contributed by atoms with Crippen LogP contribution in [-0.2, 0) is 0 Å². The van der Waals surface area contributed by atoms with E-state index in [1.54, 1.807) is 0 Å². The van der Waals surface area contributed by atoms with Crippen LogP contribution in [0, 0.1) is 0 Å². The van der Waals surface area contributed by atoms with Crippen molar-refractivity contribution < 1.29 is 4.42 Å². The molecule has 0 saturated heterocycles. The Kier molecular flexibility index (Phi) is 7.30. The fourth-order valence-corrected chi connectivity index (χ4v) is 10.3. The summed E-state index contributed by atoms with van der Waals surface area (Å²) >= 11 is 0. The maximum Gasteiger partial charge on any atom is 0.238 e. The lowest BCUT2D eigenvalue weighted by Crippen LogP contribution is -2.02. The zero-order valence-electron chi connectivity index (χ0n) is 34.4. The van der Waals surface area contributed by atoms with Gasteiger partial charge in [-0.15, -0.1) is 0 Å². The topological polar surface area (TPSA) is 53.7 Å². The summed E-state index contributed by atoms with van der Waals surface area (Å²) in [6.07, 6.45) is 0. The number of fused-ring (bicyclic) bond motifs is 12. The van der Waals surface area contributed by atoms with Gasteiger partial charge in [0, 0.05) is 54.6 Å². The Morgan fingerprint density at radius 1 is 0.312 bits per heavy atom.